The summed E-state index contributed by atoms with van der Waals surface area (Å²) in [4.78, 5) is 13.0. The molecule has 0 saturated heterocycles. The molecule has 1 N–H and O–H groups in total. The van der Waals surface area contributed by atoms with Crippen molar-refractivity contribution in [1.82, 2.24) is 0 Å². The first kappa shape index (κ1) is 25.6. The average Bonchev–Trinajstić information content (AvgIpc) is 2.87. The van der Waals surface area contributed by atoms with Crippen LogP contribution in [0.4, 0.5) is 5.69 Å². The van der Waals surface area contributed by atoms with Crippen molar-refractivity contribution in [2.24, 2.45) is 5.92 Å². The van der Waals surface area contributed by atoms with Crippen LogP contribution >= 0.6 is 0 Å². The van der Waals surface area contributed by atoms with E-state index < -0.39 is 12.0 Å². The molecule has 3 rings (SSSR count). The van der Waals surface area contributed by atoms with Crippen LogP contribution in [0.5, 0.6) is 11.5 Å². The van der Waals surface area contributed by atoms with Gasteiger partial charge >= 0.3 is 5.97 Å². The lowest BCUT2D eigenvalue weighted by atomic mass is 9.96. The van der Waals surface area contributed by atoms with Crippen molar-refractivity contribution in [3.8, 4) is 17.6 Å². The molecule has 0 aliphatic heterocycles. The predicted molar refractivity (Wildman–Crippen MR) is 136 cm³/mol. The molecule has 0 radical (unpaired) electrons. The normalized spacial score (nSPS) is 11.4. The highest BCUT2D eigenvalue weighted by atomic mass is 16.5. The van der Waals surface area contributed by atoms with Gasteiger partial charge in [-0.1, -0.05) is 44.2 Å². The van der Waals surface area contributed by atoms with E-state index in [9.17, 15) is 4.79 Å². The molecule has 0 saturated carbocycles. The van der Waals surface area contributed by atoms with Crippen LogP contribution in [-0.2, 0) is 22.6 Å². The van der Waals surface area contributed by atoms with E-state index in [0.717, 1.165) is 23.3 Å². The zero-order valence-corrected chi connectivity index (χ0v) is 20.7. The number of hydrogen-bond donors (Lipinski definition) is 1. The Morgan fingerprint density at radius 3 is 2.31 bits per heavy atom. The van der Waals surface area contributed by atoms with Gasteiger partial charge in [-0.05, 0) is 66.8 Å². The van der Waals surface area contributed by atoms with Gasteiger partial charge in [-0.15, -0.1) is 0 Å². The third-order valence-electron chi connectivity index (χ3n) is 5.43. The second-order valence-electron chi connectivity index (χ2n) is 8.59. The van der Waals surface area contributed by atoms with E-state index in [4.69, 9.17) is 19.5 Å². The highest BCUT2D eigenvalue weighted by Gasteiger charge is 2.27. The minimum Gasteiger partial charge on any atom is -0.494 e. The third-order valence-corrected chi connectivity index (χ3v) is 5.43. The van der Waals surface area contributed by atoms with Crippen molar-refractivity contribution >= 4 is 11.7 Å². The van der Waals surface area contributed by atoms with E-state index in [1.54, 1.807) is 24.3 Å². The van der Waals surface area contributed by atoms with Crippen LogP contribution in [0.25, 0.3) is 0 Å². The largest absolute Gasteiger partial charge is 0.494 e. The number of ether oxygens (including phenoxy) is 3. The summed E-state index contributed by atoms with van der Waals surface area (Å²) in [7, 11) is 1.36. The second-order valence-corrected chi connectivity index (χ2v) is 8.59. The van der Waals surface area contributed by atoms with Crippen molar-refractivity contribution in [2.75, 3.05) is 19.0 Å². The number of methoxy groups -OCH3 is 1. The standard InChI is InChI=1S/C29H32N2O4/c1-5-34-26-17-25(28(29(32)33-4)31-24-13-11-21(18-30)12-14-24)27(16-23(26)15-20(2)3)35-19-22-9-7-6-8-10-22/h6-14,16-17,20,28,31H,5,15,19H2,1-4H3. The molecule has 3 aromatic rings. The molecule has 0 spiro atoms. The molecular weight excluding hydrogens is 440 g/mol. The SMILES string of the molecule is CCOc1cc(C(Nc2ccc(C#N)cc2)C(=O)OC)c(OCc2ccccc2)cc1CC(C)C. The van der Waals surface area contributed by atoms with Gasteiger partial charge < -0.3 is 19.5 Å². The molecule has 0 heterocycles. The zero-order chi connectivity index (χ0) is 25.2. The summed E-state index contributed by atoms with van der Waals surface area (Å²) >= 11 is 0. The van der Waals surface area contributed by atoms with Crippen LogP contribution in [0.1, 0.15) is 49.1 Å². The molecule has 35 heavy (non-hydrogen) atoms. The number of anilines is 1. The Morgan fingerprint density at radius 2 is 1.71 bits per heavy atom. The monoisotopic (exact) mass is 472 g/mol. The van der Waals surface area contributed by atoms with Gasteiger partial charge in [0.15, 0.2) is 6.04 Å². The predicted octanol–water partition coefficient (Wildman–Crippen LogP) is 6.06. The van der Waals surface area contributed by atoms with Crippen LogP contribution in [0.3, 0.4) is 0 Å². The summed E-state index contributed by atoms with van der Waals surface area (Å²) in [6.45, 7) is 7.09. The van der Waals surface area contributed by atoms with Gasteiger partial charge in [0.2, 0.25) is 0 Å². The minimum atomic E-state index is -0.842. The van der Waals surface area contributed by atoms with Gasteiger partial charge in [-0.25, -0.2) is 4.79 Å². The molecule has 3 aromatic carbocycles. The average molecular weight is 473 g/mol. The smallest absolute Gasteiger partial charge is 0.333 e. The lowest BCUT2D eigenvalue weighted by molar-refractivity contribution is -0.141. The van der Waals surface area contributed by atoms with Crippen LogP contribution in [0.2, 0.25) is 0 Å². The van der Waals surface area contributed by atoms with E-state index in [2.05, 4.69) is 25.2 Å². The summed E-state index contributed by atoms with van der Waals surface area (Å²) in [6, 6.07) is 21.9. The van der Waals surface area contributed by atoms with Gasteiger partial charge in [-0.2, -0.15) is 5.26 Å². The quantitative estimate of drug-likeness (QED) is 0.342. The van der Waals surface area contributed by atoms with Gasteiger partial charge in [0.1, 0.15) is 18.1 Å². The first-order valence-corrected chi connectivity index (χ1v) is 11.8. The molecular formula is C29H32N2O4. The third kappa shape index (κ3) is 7.00. The minimum absolute atomic E-state index is 0.355. The Labute approximate surface area is 207 Å². The second kappa shape index (κ2) is 12.5. The van der Waals surface area contributed by atoms with Crippen molar-refractivity contribution in [2.45, 2.75) is 39.8 Å². The molecule has 0 bridgehead atoms. The number of carbonyl (C=O) groups is 1. The Balaban J connectivity index is 2.07. The van der Waals surface area contributed by atoms with E-state index in [1.165, 1.54) is 7.11 Å². The highest BCUT2D eigenvalue weighted by Crippen LogP contribution is 2.37. The lowest BCUT2D eigenvalue weighted by Gasteiger charge is -2.24. The molecule has 6 nitrogen and oxygen atoms in total. The van der Waals surface area contributed by atoms with Crippen LogP contribution < -0.4 is 14.8 Å². The fraction of sp³-hybridized carbons (Fsp3) is 0.310. The summed E-state index contributed by atoms with van der Waals surface area (Å²) in [5.74, 6) is 1.26. The maximum atomic E-state index is 13.0. The number of nitrogens with one attached hydrogen (secondary N) is 1. The van der Waals surface area contributed by atoms with Crippen molar-refractivity contribution in [1.29, 1.82) is 5.26 Å². The maximum absolute atomic E-state index is 13.0. The Bertz CT molecular complexity index is 1150. The Hall–Kier alpha value is -3.98. The first-order chi connectivity index (χ1) is 16.9. The number of hydrogen-bond acceptors (Lipinski definition) is 6. The van der Waals surface area contributed by atoms with Crippen molar-refractivity contribution in [3.63, 3.8) is 0 Å². The van der Waals surface area contributed by atoms with Crippen molar-refractivity contribution < 1.29 is 19.0 Å². The fourth-order valence-corrected chi connectivity index (χ4v) is 3.78. The summed E-state index contributed by atoms with van der Waals surface area (Å²) in [5, 5.41) is 12.3. The van der Waals surface area contributed by atoms with Crippen LogP contribution in [0.15, 0.2) is 66.7 Å². The Kier molecular flexibility index (Phi) is 9.14. The molecule has 0 aliphatic carbocycles. The molecule has 0 amide bonds. The van der Waals surface area contributed by atoms with E-state index in [-0.39, 0.29) is 0 Å². The molecule has 1 unspecified atom stereocenters. The van der Waals surface area contributed by atoms with E-state index in [0.29, 0.717) is 41.7 Å². The van der Waals surface area contributed by atoms with Gasteiger partial charge in [-0.3, -0.25) is 0 Å². The molecule has 182 valence electrons. The van der Waals surface area contributed by atoms with E-state index in [1.807, 2.05) is 49.4 Å². The summed E-state index contributed by atoms with van der Waals surface area (Å²) in [5.41, 5.74) is 3.88. The van der Waals surface area contributed by atoms with E-state index >= 15 is 0 Å². The molecule has 0 fully saturated rings. The molecule has 6 heteroatoms. The van der Waals surface area contributed by atoms with Crippen LogP contribution in [-0.4, -0.2) is 19.7 Å². The van der Waals surface area contributed by atoms with Crippen molar-refractivity contribution in [3.05, 3.63) is 89.0 Å². The van der Waals surface area contributed by atoms with Gasteiger partial charge in [0.05, 0.1) is 25.3 Å². The summed E-state index contributed by atoms with van der Waals surface area (Å²) in [6.07, 6.45) is 0.809. The van der Waals surface area contributed by atoms with Gasteiger partial charge in [0, 0.05) is 11.3 Å². The molecule has 1 atom stereocenters. The number of nitriles is 1. The first-order valence-electron chi connectivity index (χ1n) is 11.8. The highest BCUT2D eigenvalue weighted by molar-refractivity contribution is 5.82. The fourth-order valence-electron chi connectivity index (χ4n) is 3.78. The molecule has 0 aliphatic rings. The number of rotatable bonds is 11. The summed E-state index contributed by atoms with van der Waals surface area (Å²) < 4.78 is 17.4. The lowest BCUT2D eigenvalue weighted by Crippen LogP contribution is -2.23. The number of esters is 1. The molecule has 0 aromatic heterocycles. The van der Waals surface area contributed by atoms with Gasteiger partial charge in [0.25, 0.3) is 0 Å². The number of nitrogens with zero attached hydrogens (tertiary/aromatic N) is 1. The maximum Gasteiger partial charge on any atom is 0.333 e. The number of carbonyl (C=O) groups excluding carboxylic acids is 1. The zero-order valence-electron chi connectivity index (χ0n) is 20.7. The Morgan fingerprint density at radius 1 is 1.00 bits per heavy atom. The number of benzene rings is 3. The topological polar surface area (TPSA) is 80.6 Å². The van der Waals surface area contributed by atoms with Crippen LogP contribution in [0, 0.1) is 17.2 Å².